The van der Waals surface area contributed by atoms with Crippen LogP contribution in [0.2, 0.25) is 0 Å². The van der Waals surface area contributed by atoms with Crippen molar-refractivity contribution in [3.63, 3.8) is 0 Å². The molecular formula is C7H11F3O2. The molecule has 1 unspecified atom stereocenters. The maximum absolute atomic E-state index is 11.9. The van der Waals surface area contributed by atoms with Crippen molar-refractivity contribution >= 4 is 0 Å². The first-order valence-electron chi connectivity index (χ1n) is 3.81. The van der Waals surface area contributed by atoms with E-state index in [1.54, 1.807) is 6.92 Å². The molecule has 1 saturated heterocycles. The average Bonchev–Trinajstić information content (AvgIpc) is 2.32. The number of halogens is 3. The lowest BCUT2D eigenvalue weighted by atomic mass is 10.1. The van der Waals surface area contributed by atoms with Crippen LogP contribution in [0.25, 0.3) is 0 Å². The summed E-state index contributed by atoms with van der Waals surface area (Å²) in [7, 11) is 0. The average molecular weight is 184 g/mol. The summed E-state index contributed by atoms with van der Waals surface area (Å²) in [4.78, 5) is 0. The molecule has 0 aliphatic carbocycles. The van der Waals surface area contributed by atoms with Gasteiger partial charge in [-0.25, -0.2) is 0 Å². The van der Waals surface area contributed by atoms with Crippen molar-refractivity contribution < 1.29 is 23.0 Å². The molecule has 0 radical (unpaired) electrons. The van der Waals surface area contributed by atoms with Crippen LogP contribution >= 0.6 is 0 Å². The van der Waals surface area contributed by atoms with Gasteiger partial charge in [-0.15, -0.1) is 0 Å². The molecule has 1 aliphatic heterocycles. The van der Waals surface area contributed by atoms with Crippen molar-refractivity contribution in [3.8, 4) is 0 Å². The van der Waals surface area contributed by atoms with Gasteiger partial charge in [-0.1, -0.05) is 0 Å². The zero-order chi connectivity index (χ0) is 9.35. The van der Waals surface area contributed by atoms with Gasteiger partial charge in [-0.3, -0.25) is 0 Å². The SMILES string of the molecule is C[C@@H]1CCC([C@H](O)C(F)(F)F)O1. The molecule has 1 fully saturated rings. The summed E-state index contributed by atoms with van der Waals surface area (Å²) >= 11 is 0. The molecule has 1 N–H and O–H groups in total. The third-order valence-electron chi connectivity index (χ3n) is 1.95. The maximum Gasteiger partial charge on any atom is 0.416 e. The van der Waals surface area contributed by atoms with Crippen molar-refractivity contribution in [2.75, 3.05) is 0 Å². The molecule has 0 aromatic carbocycles. The Bertz CT molecular complexity index is 157. The Kier molecular flexibility index (Phi) is 2.63. The lowest BCUT2D eigenvalue weighted by molar-refractivity contribution is -0.233. The van der Waals surface area contributed by atoms with E-state index in [1.807, 2.05) is 0 Å². The van der Waals surface area contributed by atoms with E-state index in [1.165, 1.54) is 0 Å². The highest BCUT2D eigenvalue weighted by Crippen LogP contribution is 2.30. The van der Waals surface area contributed by atoms with Crippen LogP contribution in [0.4, 0.5) is 13.2 Å². The van der Waals surface area contributed by atoms with E-state index in [9.17, 15) is 13.2 Å². The number of hydrogen-bond acceptors (Lipinski definition) is 2. The number of ether oxygens (including phenoxy) is 1. The fraction of sp³-hybridized carbons (Fsp3) is 1.00. The normalized spacial score (nSPS) is 33.8. The summed E-state index contributed by atoms with van der Waals surface area (Å²) in [6.07, 6.45) is -7.27. The lowest BCUT2D eigenvalue weighted by Crippen LogP contribution is -2.39. The minimum Gasteiger partial charge on any atom is -0.381 e. The predicted octanol–water partition coefficient (Wildman–Crippen LogP) is 1.48. The monoisotopic (exact) mass is 184 g/mol. The van der Waals surface area contributed by atoms with Crippen molar-refractivity contribution in [3.05, 3.63) is 0 Å². The zero-order valence-electron chi connectivity index (χ0n) is 6.64. The predicted molar refractivity (Wildman–Crippen MR) is 35.6 cm³/mol. The number of hydrogen-bond donors (Lipinski definition) is 1. The highest BCUT2D eigenvalue weighted by atomic mass is 19.4. The second-order valence-corrected chi connectivity index (χ2v) is 3.05. The van der Waals surface area contributed by atoms with Crippen molar-refractivity contribution in [2.45, 2.75) is 44.3 Å². The van der Waals surface area contributed by atoms with E-state index in [-0.39, 0.29) is 12.5 Å². The molecule has 0 saturated carbocycles. The number of aliphatic hydroxyl groups is 1. The Hall–Kier alpha value is -0.290. The number of rotatable bonds is 1. The van der Waals surface area contributed by atoms with Gasteiger partial charge in [0.1, 0.15) is 0 Å². The van der Waals surface area contributed by atoms with Crippen LogP contribution in [0, 0.1) is 0 Å². The maximum atomic E-state index is 11.9. The van der Waals surface area contributed by atoms with Crippen LogP contribution in [0.1, 0.15) is 19.8 Å². The van der Waals surface area contributed by atoms with E-state index in [4.69, 9.17) is 9.84 Å². The summed E-state index contributed by atoms with van der Waals surface area (Å²) in [5.74, 6) is 0. The first-order valence-corrected chi connectivity index (χ1v) is 3.81. The molecule has 5 heteroatoms. The Morgan fingerprint density at radius 3 is 2.33 bits per heavy atom. The van der Waals surface area contributed by atoms with E-state index >= 15 is 0 Å². The Balaban J connectivity index is 2.48. The van der Waals surface area contributed by atoms with Crippen LogP contribution in [0.15, 0.2) is 0 Å². The van der Waals surface area contributed by atoms with Crippen LogP contribution in [-0.2, 0) is 4.74 Å². The fourth-order valence-corrected chi connectivity index (χ4v) is 1.28. The number of aliphatic hydroxyl groups excluding tert-OH is 1. The van der Waals surface area contributed by atoms with Gasteiger partial charge in [0.25, 0.3) is 0 Å². The smallest absolute Gasteiger partial charge is 0.381 e. The molecule has 0 spiro atoms. The van der Waals surface area contributed by atoms with Gasteiger partial charge in [-0.2, -0.15) is 13.2 Å². The molecule has 72 valence electrons. The van der Waals surface area contributed by atoms with Gasteiger partial charge in [-0.05, 0) is 19.8 Å². The molecule has 0 aromatic rings. The topological polar surface area (TPSA) is 29.5 Å². The molecule has 1 rings (SSSR count). The van der Waals surface area contributed by atoms with Gasteiger partial charge in [0.2, 0.25) is 0 Å². The molecule has 0 amide bonds. The number of alkyl halides is 3. The Morgan fingerprint density at radius 2 is 2.00 bits per heavy atom. The van der Waals surface area contributed by atoms with Gasteiger partial charge >= 0.3 is 6.18 Å². The van der Waals surface area contributed by atoms with Gasteiger partial charge < -0.3 is 9.84 Å². The highest BCUT2D eigenvalue weighted by molar-refractivity contribution is 4.81. The fourth-order valence-electron chi connectivity index (χ4n) is 1.28. The minimum absolute atomic E-state index is 0.174. The lowest BCUT2D eigenvalue weighted by Gasteiger charge is -2.20. The van der Waals surface area contributed by atoms with Crippen molar-refractivity contribution in [1.29, 1.82) is 0 Å². The summed E-state index contributed by atoms with van der Waals surface area (Å²) in [5.41, 5.74) is 0. The first kappa shape index (κ1) is 9.80. The molecule has 3 atom stereocenters. The summed E-state index contributed by atoms with van der Waals surface area (Å²) in [5, 5.41) is 8.75. The zero-order valence-corrected chi connectivity index (χ0v) is 6.64. The van der Waals surface area contributed by atoms with E-state index in [2.05, 4.69) is 0 Å². The molecule has 12 heavy (non-hydrogen) atoms. The van der Waals surface area contributed by atoms with Crippen molar-refractivity contribution in [1.82, 2.24) is 0 Å². The summed E-state index contributed by atoms with van der Waals surface area (Å²) in [6.45, 7) is 1.70. The largest absolute Gasteiger partial charge is 0.416 e. The summed E-state index contributed by atoms with van der Waals surface area (Å²) in [6, 6.07) is 0. The molecule has 0 bridgehead atoms. The van der Waals surface area contributed by atoms with E-state index in [0.717, 1.165) is 0 Å². The van der Waals surface area contributed by atoms with Gasteiger partial charge in [0.15, 0.2) is 6.10 Å². The molecular weight excluding hydrogens is 173 g/mol. The van der Waals surface area contributed by atoms with Gasteiger partial charge in [0.05, 0.1) is 12.2 Å². The van der Waals surface area contributed by atoms with Crippen LogP contribution < -0.4 is 0 Å². The first-order chi connectivity index (χ1) is 5.41. The minimum atomic E-state index is -4.56. The van der Waals surface area contributed by atoms with Gasteiger partial charge in [0, 0.05) is 0 Å². The Morgan fingerprint density at radius 1 is 1.42 bits per heavy atom. The molecule has 0 aromatic heterocycles. The standard InChI is InChI=1S/C7H11F3O2/c1-4-2-3-5(12-4)6(11)7(8,9)10/h4-6,11H,2-3H2,1H3/t4-,5?,6+/m1/s1. The molecule has 1 aliphatic rings. The third-order valence-corrected chi connectivity index (χ3v) is 1.95. The second kappa shape index (κ2) is 3.22. The van der Waals surface area contributed by atoms with Crippen LogP contribution in [0.3, 0.4) is 0 Å². The Labute approximate surface area is 68.3 Å². The molecule has 1 heterocycles. The second-order valence-electron chi connectivity index (χ2n) is 3.05. The quantitative estimate of drug-likeness (QED) is 0.668. The van der Waals surface area contributed by atoms with E-state index in [0.29, 0.717) is 6.42 Å². The third kappa shape index (κ3) is 2.10. The van der Waals surface area contributed by atoms with E-state index < -0.39 is 18.4 Å². The molecule has 2 nitrogen and oxygen atoms in total. The van der Waals surface area contributed by atoms with Crippen LogP contribution in [-0.4, -0.2) is 29.6 Å². The van der Waals surface area contributed by atoms with Crippen molar-refractivity contribution in [2.24, 2.45) is 0 Å². The van der Waals surface area contributed by atoms with Crippen LogP contribution in [0.5, 0.6) is 0 Å². The highest BCUT2D eigenvalue weighted by Gasteiger charge is 2.46. The summed E-state index contributed by atoms with van der Waals surface area (Å²) < 4.78 is 40.6.